The molecule has 0 bridgehead atoms. The van der Waals surface area contributed by atoms with Crippen molar-refractivity contribution < 1.29 is 5.11 Å². The number of rotatable bonds is 0. The highest BCUT2D eigenvalue weighted by Gasteiger charge is 2.08. The van der Waals surface area contributed by atoms with Gasteiger partial charge >= 0.3 is 0 Å². The van der Waals surface area contributed by atoms with Gasteiger partial charge in [0.15, 0.2) is 0 Å². The first-order valence-electron chi connectivity index (χ1n) is 3.24. The Morgan fingerprint density at radius 1 is 1.33 bits per heavy atom. The van der Waals surface area contributed by atoms with E-state index in [1.54, 1.807) is 11.3 Å². The Morgan fingerprint density at radius 3 is 2.83 bits per heavy atom. The lowest BCUT2D eigenvalue weighted by Gasteiger charge is -2.00. The van der Waals surface area contributed by atoms with Crippen molar-refractivity contribution in [2.75, 3.05) is 0 Å². The first kappa shape index (κ1) is 9.01. The van der Waals surface area contributed by atoms with Crippen LogP contribution in [0.15, 0.2) is 17.5 Å². The van der Waals surface area contributed by atoms with Gasteiger partial charge in [0.05, 0.1) is 11.8 Å². The van der Waals surface area contributed by atoms with Crippen molar-refractivity contribution in [2.24, 2.45) is 0 Å². The topological polar surface area (TPSA) is 20.2 Å². The van der Waals surface area contributed by atoms with Gasteiger partial charge in [-0.1, -0.05) is 0 Å². The second kappa shape index (κ2) is 3.30. The fourth-order valence-electron chi connectivity index (χ4n) is 1.03. The molecule has 1 heterocycles. The summed E-state index contributed by atoms with van der Waals surface area (Å²) in [4.78, 5) is 0. The zero-order chi connectivity index (χ0) is 8.72. The standard InChI is InChI=1S/C8H4I2OS/c9-5-3-4-1-2-12-8(4)6(10)7(5)11/h1-3,11H. The minimum Gasteiger partial charge on any atom is -0.506 e. The maximum Gasteiger partial charge on any atom is 0.143 e. The lowest BCUT2D eigenvalue weighted by atomic mass is 10.2. The van der Waals surface area contributed by atoms with E-state index in [9.17, 15) is 5.11 Å². The number of hydrogen-bond donors (Lipinski definition) is 1. The van der Waals surface area contributed by atoms with Crippen LogP contribution < -0.4 is 0 Å². The highest BCUT2D eigenvalue weighted by molar-refractivity contribution is 14.1. The Kier molecular flexibility index (Phi) is 2.48. The SMILES string of the molecule is Oc1c(I)cc2ccsc2c1I. The van der Waals surface area contributed by atoms with Crippen molar-refractivity contribution in [1.82, 2.24) is 0 Å². The molecule has 0 saturated heterocycles. The maximum atomic E-state index is 9.61. The van der Waals surface area contributed by atoms with Crippen LogP contribution >= 0.6 is 56.5 Å². The van der Waals surface area contributed by atoms with Crippen molar-refractivity contribution in [3.63, 3.8) is 0 Å². The predicted molar refractivity (Wildman–Crippen MR) is 68.9 cm³/mol. The summed E-state index contributed by atoms with van der Waals surface area (Å²) in [7, 11) is 0. The number of phenolic OH excluding ortho intramolecular Hbond substituents is 1. The molecule has 0 saturated carbocycles. The van der Waals surface area contributed by atoms with Crippen LogP contribution in [0.2, 0.25) is 0 Å². The number of hydrogen-bond acceptors (Lipinski definition) is 2. The Labute approximate surface area is 101 Å². The van der Waals surface area contributed by atoms with E-state index < -0.39 is 0 Å². The van der Waals surface area contributed by atoms with E-state index in [-0.39, 0.29) is 0 Å². The van der Waals surface area contributed by atoms with E-state index in [4.69, 9.17) is 0 Å². The van der Waals surface area contributed by atoms with Gasteiger partial charge < -0.3 is 5.11 Å². The van der Waals surface area contributed by atoms with E-state index in [2.05, 4.69) is 51.2 Å². The van der Waals surface area contributed by atoms with Crippen molar-refractivity contribution >= 4 is 66.6 Å². The fourth-order valence-corrected chi connectivity index (χ4v) is 3.95. The zero-order valence-corrected chi connectivity index (χ0v) is 11.0. The number of phenols is 1. The van der Waals surface area contributed by atoms with Crippen LogP contribution in [-0.4, -0.2) is 5.11 Å². The van der Waals surface area contributed by atoms with Gasteiger partial charge in [-0.05, 0) is 68.1 Å². The van der Waals surface area contributed by atoms with E-state index in [1.807, 2.05) is 11.4 Å². The van der Waals surface area contributed by atoms with E-state index in [1.165, 1.54) is 10.1 Å². The molecule has 0 spiro atoms. The highest BCUT2D eigenvalue weighted by Crippen LogP contribution is 2.35. The lowest BCUT2D eigenvalue weighted by Crippen LogP contribution is -1.78. The molecule has 1 aromatic heterocycles. The zero-order valence-electron chi connectivity index (χ0n) is 5.84. The Bertz CT molecular complexity index is 436. The highest BCUT2D eigenvalue weighted by atomic mass is 127. The molecule has 0 radical (unpaired) electrons. The van der Waals surface area contributed by atoms with Crippen molar-refractivity contribution in [3.05, 3.63) is 24.7 Å². The summed E-state index contributed by atoms with van der Waals surface area (Å²) in [5.74, 6) is 0.408. The van der Waals surface area contributed by atoms with Crippen LogP contribution in [0.3, 0.4) is 0 Å². The lowest BCUT2D eigenvalue weighted by molar-refractivity contribution is 0.469. The molecule has 2 rings (SSSR count). The average molecular weight is 402 g/mol. The molecule has 1 aromatic carbocycles. The summed E-state index contributed by atoms with van der Waals surface area (Å²) in [5, 5.41) is 12.9. The molecule has 12 heavy (non-hydrogen) atoms. The van der Waals surface area contributed by atoms with Crippen LogP contribution in [0.5, 0.6) is 5.75 Å². The van der Waals surface area contributed by atoms with E-state index in [0.29, 0.717) is 5.75 Å². The normalized spacial score (nSPS) is 10.8. The molecular weight excluding hydrogens is 398 g/mol. The summed E-state index contributed by atoms with van der Waals surface area (Å²) in [6.45, 7) is 0. The van der Waals surface area contributed by atoms with Crippen molar-refractivity contribution in [1.29, 1.82) is 0 Å². The third-order valence-corrected chi connectivity index (χ3v) is 4.80. The fraction of sp³-hybridized carbons (Fsp3) is 0. The second-order valence-electron chi connectivity index (χ2n) is 2.36. The molecule has 0 atom stereocenters. The molecule has 62 valence electrons. The van der Waals surface area contributed by atoms with Crippen LogP contribution in [0, 0.1) is 7.14 Å². The molecule has 0 aliphatic rings. The Hall–Kier alpha value is 0.440. The first-order chi connectivity index (χ1) is 5.70. The number of fused-ring (bicyclic) bond motifs is 1. The summed E-state index contributed by atoms with van der Waals surface area (Å²) >= 11 is 5.99. The van der Waals surface area contributed by atoms with Gasteiger partial charge in [-0.2, -0.15) is 0 Å². The monoisotopic (exact) mass is 402 g/mol. The molecular formula is C8H4I2OS. The Morgan fingerprint density at radius 2 is 2.08 bits per heavy atom. The van der Waals surface area contributed by atoms with E-state index >= 15 is 0 Å². The van der Waals surface area contributed by atoms with Gasteiger partial charge in [0.1, 0.15) is 5.75 Å². The molecule has 0 aliphatic carbocycles. The summed E-state index contributed by atoms with van der Waals surface area (Å²) in [6.07, 6.45) is 0. The Balaban J connectivity index is 2.94. The van der Waals surface area contributed by atoms with Gasteiger partial charge in [0, 0.05) is 0 Å². The predicted octanol–water partition coefficient (Wildman–Crippen LogP) is 3.82. The maximum absolute atomic E-state index is 9.61. The summed E-state index contributed by atoms with van der Waals surface area (Å²) in [6, 6.07) is 4.08. The van der Waals surface area contributed by atoms with Crippen LogP contribution in [0.1, 0.15) is 0 Å². The van der Waals surface area contributed by atoms with Gasteiger partial charge in [-0.15, -0.1) is 11.3 Å². The molecule has 0 fully saturated rings. The van der Waals surface area contributed by atoms with E-state index in [0.717, 1.165) is 7.14 Å². The molecule has 1 N–H and O–H groups in total. The second-order valence-corrected chi connectivity index (χ2v) is 5.52. The van der Waals surface area contributed by atoms with Gasteiger partial charge in [-0.25, -0.2) is 0 Å². The summed E-state index contributed by atoms with van der Waals surface area (Å²) < 4.78 is 3.06. The minimum atomic E-state index is 0.408. The molecule has 1 nitrogen and oxygen atoms in total. The smallest absolute Gasteiger partial charge is 0.143 e. The third-order valence-electron chi connectivity index (χ3n) is 1.61. The molecule has 0 amide bonds. The number of halogens is 2. The number of aromatic hydroxyl groups is 1. The summed E-state index contributed by atoms with van der Waals surface area (Å²) in [5.41, 5.74) is 0. The number of benzene rings is 1. The molecule has 0 unspecified atom stereocenters. The first-order valence-corrected chi connectivity index (χ1v) is 6.28. The quantitative estimate of drug-likeness (QED) is 0.665. The average Bonchev–Trinajstić information content (AvgIpc) is 2.48. The van der Waals surface area contributed by atoms with Gasteiger partial charge in [-0.3, -0.25) is 0 Å². The van der Waals surface area contributed by atoms with Gasteiger partial charge in [0.25, 0.3) is 0 Å². The van der Waals surface area contributed by atoms with Crippen LogP contribution in [0.25, 0.3) is 10.1 Å². The largest absolute Gasteiger partial charge is 0.506 e. The van der Waals surface area contributed by atoms with Crippen LogP contribution in [0.4, 0.5) is 0 Å². The van der Waals surface area contributed by atoms with Crippen molar-refractivity contribution in [3.8, 4) is 5.75 Å². The minimum absolute atomic E-state index is 0.408. The molecule has 4 heteroatoms. The third kappa shape index (κ3) is 1.33. The number of thiophene rings is 1. The van der Waals surface area contributed by atoms with Crippen LogP contribution in [-0.2, 0) is 0 Å². The van der Waals surface area contributed by atoms with Gasteiger partial charge in [0.2, 0.25) is 0 Å². The molecule has 2 aromatic rings. The molecule has 0 aliphatic heterocycles. The van der Waals surface area contributed by atoms with Crippen molar-refractivity contribution in [2.45, 2.75) is 0 Å².